The Morgan fingerprint density at radius 1 is 1.23 bits per heavy atom. The van der Waals surface area contributed by atoms with Crippen molar-refractivity contribution in [1.82, 2.24) is 9.97 Å². The van der Waals surface area contributed by atoms with E-state index in [1.807, 2.05) is 43.3 Å². The lowest BCUT2D eigenvalue weighted by Crippen LogP contribution is -2.04. The van der Waals surface area contributed by atoms with E-state index in [4.69, 9.17) is 0 Å². The van der Waals surface area contributed by atoms with Crippen LogP contribution in [0.5, 0.6) is 0 Å². The fraction of sp³-hybridized carbons (Fsp3) is 0.176. The van der Waals surface area contributed by atoms with Crippen LogP contribution < -0.4 is 5.32 Å². The summed E-state index contributed by atoms with van der Waals surface area (Å²) in [4.78, 5) is 19.0. The van der Waals surface area contributed by atoms with Crippen LogP contribution in [0.25, 0.3) is 11.0 Å². The van der Waals surface area contributed by atoms with Crippen molar-refractivity contribution in [2.45, 2.75) is 13.3 Å². The molecule has 1 heterocycles. The van der Waals surface area contributed by atoms with Crippen molar-refractivity contribution in [3.05, 3.63) is 53.6 Å². The van der Waals surface area contributed by atoms with Crippen molar-refractivity contribution in [3.8, 4) is 0 Å². The molecule has 2 aromatic carbocycles. The fourth-order valence-corrected chi connectivity index (χ4v) is 2.26. The maximum Gasteiger partial charge on any atom is 0.309 e. The van der Waals surface area contributed by atoms with E-state index in [2.05, 4.69) is 26.1 Å². The minimum absolute atomic E-state index is 0.242. The number of H-pyrrole nitrogens is 1. The third kappa shape index (κ3) is 3.09. The number of esters is 1. The second kappa shape index (κ2) is 5.89. The average Bonchev–Trinajstić information content (AvgIpc) is 2.90. The molecule has 0 spiro atoms. The molecule has 3 rings (SSSR count). The highest BCUT2D eigenvalue weighted by Gasteiger charge is 2.05. The molecule has 0 bridgehead atoms. The fourth-order valence-electron chi connectivity index (χ4n) is 2.26. The zero-order valence-electron chi connectivity index (χ0n) is 12.5. The van der Waals surface area contributed by atoms with Gasteiger partial charge in [0, 0.05) is 5.69 Å². The van der Waals surface area contributed by atoms with E-state index in [-0.39, 0.29) is 12.4 Å². The molecule has 0 saturated carbocycles. The van der Waals surface area contributed by atoms with Crippen LogP contribution in [-0.2, 0) is 16.0 Å². The van der Waals surface area contributed by atoms with Gasteiger partial charge in [0.2, 0.25) is 5.95 Å². The van der Waals surface area contributed by atoms with Gasteiger partial charge < -0.3 is 15.0 Å². The van der Waals surface area contributed by atoms with Gasteiger partial charge in [0.15, 0.2) is 0 Å². The lowest BCUT2D eigenvalue weighted by molar-refractivity contribution is -0.139. The first-order chi connectivity index (χ1) is 10.6. The van der Waals surface area contributed by atoms with Crippen LogP contribution in [0, 0.1) is 6.92 Å². The lowest BCUT2D eigenvalue weighted by atomic mass is 10.1. The summed E-state index contributed by atoms with van der Waals surface area (Å²) in [5, 5.41) is 3.22. The number of hydrogen-bond acceptors (Lipinski definition) is 4. The van der Waals surface area contributed by atoms with E-state index in [1.54, 1.807) is 0 Å². The number of aryl methyl sites for hydroxylation is 1. The predicted molar refractivity (Wildman–Crippen MR) is 86.3 cm³/mol. The van der Waals surface area contributed by atoms with Gasteiger partial charge >= 0.3 is 5.97 Å². The van der Waals surface area contributed by atoms with Crippen molar-refractivity contribution in [1.29, 1.82) is 0 Å². The smallest absolute Gasteiger partial charge is 0.309 e. The second-order valence-electron chi connectivity index (χ2n) is 5.18. The number of benzene rings is 2. The summed E-state index contributed by atoms with van der Waals surface area (Å²) in [6.45, 7) is 2.05. The maximum absolute atomic E-state index is 11.2. The summed E-state index contributed by atoms with van der Waals surface area (Å²) in [6, 6.07) is 13.7. The highest BCUT2D eigenvalue weighted by Crippen LogP contribution is 2.19. The zero-order valence-corrected chi connectivity index (χ0v) is 12.5. The van der Waals surface area contributed by atoms with Crippen LogP contribution in [0.3, 0.4) is 0 Å². The molecule has 22 heavy (non-hydrogen) atoms. The number of carbonyl (C=O) groups is 1. The number of hydrogen-bond donors (Lipinski definition) is 2. The molecular weight excluding hydrogens is 278 g/mol. The molecule has 0 aliphatic heterocycles. The minimum Gasteiger partial charge on any atom is -0.469 e. The monoisotopic (exact) mass is 295 g/mol. The van der Waals surface area contributed by atoms with Gasteiger partial charge in [0.05, 0.1) is 24.6 Å². The number of aromatic nitrogens is 2. The lowest BCUT2D eigenvalue weighted by Gasteiger charge is -2.04. The van der Waals surface area contributed by atoms with Crippen LogP contribution >= 0.6 is 0 Å². The van der Waals surface area contributed by atoms with E-state index in [1.165, 1.54) is 12.7 Å². The van der Waals surface area contributed by atoms with Crippen molar-refractivity contribution >= 4 is 28.6 Å². The van der Waals surface area contributed by atoms with Crippen molar-refractivity contribution in [3.63, 3.8) is 0 Å². The number of methoxy groups -OCH3 is 1. The van der Waals surface area contributed by atoms with Gasteiger partial charge in [-0.2, -0.15) is 0 Å². The van der Waals surface area contributed by atoms with E-state index in [0.29, 0.717) is 5.95 Å². The van der Waals surface area contributed by atoms with Gasteiger partial charge in [-0.1, -0.05) is 18.2 Å². The summed E-state index contributed by atoms with van der Waals surface area (Å²) in [7, 11) is 1.39. The average molecular weight is 295 g/mol. The molecule has 5 heteroatoms. The Morgan fingerprint density at radius 2 is 2.00 bits per heavy atom. The maximum atomic E-state index is 11.2. The van der Waals surface area contributed by atoms with Crippen molar-refractivity contribution in [2.24, 2.45) is 0 Å². The molecule has 0 aliphatic carbocycles. The van der Waals surface area contributed by atoms with Crippen LogP contribution in [0.1, 0.15) is 11.1 Å². The molecule has 0 aliphatic rings. The molecule has 2 N–H and O–H groups in total. The zero-order chi connectivity index (χ0) is 15.5. The van der Waals surface area contributed by atoms with Crippen LogP contribution in [0.2, 0.25) is 0 Å². The standard InChI is InChI=1S/C17H17N3O2/c1-11-3-8-14-15(9-11)20-17(19-14)18-13-6-4-12(5-7-13)10-16(21)22-2/h3-9H,10H2,1-2H3,(H2,18,19,20). The Hall–Kier alpha value is -2.82. The molecule has 0 radical (unpaired) electrons. The third-order valence-electron chi connectivity index (χ3n) is 3.43. The predicted octanol–water partition coefficient (Wildman–Crippen LogP) is 3.33. The first-order valence-corrected chi connectivity index (χ1v) is 7.03. The topological polar surface area (TPSA) is 67.0 Å². The summed E-state index contributed by atoms with van der Waals surface area (Å²) in [6.07, 6.45) is 0.278. The Bertz CT molecular complexity index is 806. The van der Waals surface area contributed by atoms with E-state index >= 15 is 0 Å². The Morgan fingerprint density at radius 3 is 2.73 bits per heavy atom. The Kier molecular flexibility index (Phi) is 3.78. The van der Waals surface area contributed by atoms with Gasteiger partial charge in [0.1, 0.15) is 0 Å². The van der Waals surface area contributed by atoms with Gasteiger partial charge in [-0.3, -0.25) is 4.79 Å². The normalized spacial score (nSPS) is 10.6. The molecule has 112 valence electrons. The quantitative estimate of drug-likeness (QED) is 0.724. The van der Waals surface area contributed by atoms with Crippen molar-refractivity contribution < 1.29 is 9.53 Å². The highest BCUT2D eigenvalue weighted by atomic mass is 16.5. The summed E-state index contributed by atoms with van der Waals surface area (Å²) in [5.74, 6) is 0.453. The molecule has 3 aromatic rings. The van der Waals surface area contributed by atoms with Crippen LogP contribution in [0.15, 0.2) is 42.5 Å². The number of anilines is 2. The van der Waals surface area contributed by atoms with E-state index < -0.39 is 0 Å². The highest BCUT2D eigenvalue weighted by molar-refractivity contribution is 5.79. The minimum atomic E-state index is -0.242. The summed E-state index contributed by atoms with van der Waals surface area (Å²) >= 11 is 0. The molecule has 1 aromatic heterocycles. The number of fused-ring (bicyclic) bond motifs is 1. The second-order valence-corrected chi connectivity index (χ2v) is 5.18. The molecule has 0 amide bonds. The molecule has 0 unspecified atom stereocenters. The number of ether oxygens (including phenoxy) is 1. The molecule has 0 fully saturated rings. The number of nitrogens with one attached hydrogen (secondary N) is 2. The largest absolute Gasteiger partial charge is 0.469 e. The number of imidazole rings is 1. The first-order valence-electron chi connectivity index (χ1n) is 7.03. The van der Waals surface area contributed by atoms with Gasteiger partial charge in [-0.05, 0) is 42.3 Å². The van der Waals surface area contributed by atoms with Crippen molar-refractivity contribution in [2.75, 3.05) is 12.4 Å². The number of aromatic amines is 1. The summed E-state index contributed by atoms with van der Waals surface area (Å²) in [5.41, 5.74) is 4.94. The van der Waals surface area contributed by atoms with Crippen LogP contribution in [0.4, 0.5) is 11.6 Å². The summed E-state index contributed by atoms with van der Waals surface area (Å²) < 4.78 is 4.65. The number of nitrogens with zero attached hydrogens (tertiary/aromatic N) is 1. The van der Waals surface area contributed by atoms with Gasteiger partial charge in [0.25, 0.3) is 0 Å². The third-order valence-corrected chi connectivity index (χ3v) is 3.43. The Labute approximate surface area is 128 Å². The first kappa shape index (κ1) is 14.1. The molecular formula is C17H17N3O2. The molecule has 0 atom stereocenters. The number of carbonyl (C=O) groups excluding carboxylic acids is 1. The molecule has 5 nitrogen and oxygen atoms in total. The van der Waals surface area contributed by atoms with Gasteiger partial charge in [-0.15, -0.1) is 0 Å². The van der Waals surface area contributed by atoms with E-state index in [9.17, 15) is 4.79 Å². The number of rotatable bonds is 4. The Balaban J connectivity index is 1.75. The van der Waals surface area contributed by atoms with Gasteiger partial charge in [-0.25, -0.2) is 4.98 Å². The molecule has 0 saturated heterocycles. The van der Waals surface area contributed by atoms with E-state index in [0.717, 1.165) is 22.3 Å². The SMILES string of the molecule is COC(=O)Cc1ccc(Nc2nc3ccc(C)cc3[nH]2)cc1. The van der Waals surface area contributed by atoms with Crippen LogP contribution in [-0.4, -0.2) is 23.0 Å².